The molecule has 0 amide bonds. The van der Waals surface area contributed by atoms with E-state index in [9.17, 15) is 20.2 Å². The van der Waals surface area contributed by atoms with Gasteiger partial charge in [0.15, 0.2) is 0 Å². The van der Waals surface area contributed by atoms with Crippen LogP contribution in [0, 0.1) is 20.2 Å². The zero-order chi connectivity index (χ0) is 12.4. The second-order valence-electron chi connectivity index (χ2n) is 2.48. The van der Waals surface area contributed by atoms with E-state index >= 15 is 0 Å². The first-order valence-corrected chi connectivity index (χ1v) is 3.86. The van der Waals surface area contributed by atoms with E-state index in [1.807, 2.05) is 0 Å². The fourth-order valence-corrected chi connectivity index (χ4v) is 0.906. The lowest BCUT2D eigenvalue weighted by molar-refractivity contribution is -0.881. The molecular formula is C4HN9O4. The largest absolute Gasteiger partial charge is 0.387 e. The molecule has 0 aromatic heterocycles. The first-order chi connectivity index (χ1) is 8.09. The molecule has 0 saturated heterocycles. The third kappa shape index (κ3) is 1.83. The topological polar surface area (TPSA) is 164 Å². The van der Waals surface area contributed by atoms with E-state index in [0.29, 0.717) is 0 Å². The van der Waals surface area contributed by atoms with E-state index in [0.717, 1.165) is 6.34 Å². The van der Waals surface area contributed by atoms with Gasteiger partial charge in [0.25, 0.3) is 0 Å². The Bertz CT molecular complexity index is 513. The lowest BCUT2D eigenvalue weighted by atomic mass is 10.7. The van der Waals surface area contributed by atoms with Crippen molar-refractivity contribution in [2.75, 3.05) is 0 Å². The quantitative estimate of drug-likeness (QED) is 0.492. The van der Waals surface area contributed by atoms with Crippen LogP contribution < -0.4 is 0 Å². The molecule has 0 aromatic carbocycles. The lowest BCUT2D eigenvalue weighted by Crippen LogP contribution is -2.39. The summed E-state index contributed by atoms with van der Waals surface area (Å²) in [7, 11) is 0. The van der Waals surface area contributed by atoms with Gasteiger partial charge in [0, 0.05) is 0 Å². The van der Waals surface area contributed by atoms with Crippen LogP contribution in [-0.4, -0.2) is 27.5 Å². The average Bonchev–Trinajstić information content (AvgIpc) is 2.83. The minimum absolute atomic E-state index is 0.0320. The number of hydrogen-bond acceptors (Lipinski definition) is 10. The van der Waals surface area contributed by atoms with Crippen molar-refractivity contribution >= 4 is 12.3 Å². The number of guanidine groups is 1. The summed E-state index contributed by atoms with van der Waals surface area (Å²) in [6.45, 7) is 0. The van der Waals surface area contributed by atoms with E-state index in [-0.39, 0.29) is 11.6 Å². The highest BCUT2D eigenvalue weighted by Gasteiger charge is 2.38. The lowest BCUT2D eigenvalue weighted by Gasteiger charge is -1.97. The molecule has 0 aliphatic carbocycles. The van der Waals surface area contributed by atoms with Crippen molar-refractivity contribution in [1.82, 2.24) is 5.12 Å². The van der Waals surface area contributed by atoms with Crippen LogP contribution in [0.5, 0.6) is 0 Å². The van der Waals surface area contributed by atoms with Gasteiger partial charge in [0.2, 0.25) is 26.8 Å². The minimum Gasteiger partial charge on any atom is -0.230 e. The Balaban J connectivity index is 2.34. The van der Waals surface area contributed by atoms with Crippen LogP contribution in [0.3, 0.4) is 0 Å². The zero-order valence-electron chi connectivity index (χ0n) is 7.74. The number of nitro groups is 2. The zero-order valence-corrected chi connectivity index (χ0v) is 7.74. The van der Waals surface area contributed by atoms with Gasteiger partial charge in [-0.2, -0.15) is 4.99 Å². The van der Waals surface area contributed by atoms with Crippen molar-refractivity contribution in [3.05, 3.63) is 31.9 Å². The molecular weight excluding hydrogens is 238 g/mol. The Hall–Kier alpha value is -3.12. The van der Waals surface area contributed by atoms with Gasteiger partial charge in [-0.05, 0) is 0 Å². The van der Waals surface area contributed by atoms with Crippen molar-refractivity contribution in [3.8, 4) is 0 Å². The van der Waals surface area contributed by atoms with Gasteiger partial charge in [-0.25, -0.2) is 25.2 Å². The highest BCUT2D eigenvalue weighted by molar-refractivity contribution is 5.81. The van der Waals surface area contributed by atoms with Gasteiger partial charge < -0.3 is 0 Å². The number of aliphatic imine (C=N–C) groups is 2. The summed E-state index contributed by atoms with van der Waals surface area (Å²) in [6.07, 6.45) is 1.10. The maximum atomic E-state index is 10.4. The summed E-state index contributed by atoms with van der Waals surface area (Å²) in [5.74, 6) is -1.01. The molecule has 0 unspecified atom stereocenters. The molecule has 0 saturated carbocycles. The molecule has 2 aliphatic heterocycles. The molecule has 0 aromatic rings. The van der Waals surface area contributed by atoms with E-state index in [1.165, 1.54) is 0 Å². The summed E-state index contributed by atoms with van der Waals surface area (Å²) >= 11 is 0. The van der Waals surface area contributed by atoms with Gasteiger partial charge in [0.05, 0.1) is 0 Å². The van der Waals surface area contributed by atoms with Crippen LogP contribution in [-0.2, 0) is 0 Å². The standard InChI is InChI=1S/C4HN9O4/c14-12(15)11(13(16)17)4-7-3(9-10-4)2-5-1-6-8-2/h1H. The van der Waals surface area contributed by atoms with Crippen molar-refractivity contribution in [2.45, 2.75) is 0 Å². The Morgan fingerprint density at radius 1 is 1.06 bits per heavy atom. The molecule has 86 valence electrons. The summed E-state index contributed by atoms with van der Waals surface area (Å²) in [5.41, 5.74) is 0. The number of hydrogen-bond donors (Lipinski definition) is 0. The Kier molecular flexibility index (Phi) is 2.32. The predicted molar refractivity (Wildman–Crippen MR) is 48.5 cm³/mol. The third-order valence-corrected chi connectivity index (χ3v) is 1.51. The Morgan fingerprint density at radius 2 is 1.76 bits per heavy atom. The molecule has 17 heavy (non-hydrogen) atoms. The highest BCUT2D eigenvalue weighted by Crippen LogP contribution is 2.20. The van der Waals surface area contributed by atoms with Gasteiger partial charge in [-0.3, -0.25) is 0 Å². The van der Waals surface area contributed by atoms with Crippen LogP contribution >= 0.6 is 0 Å². The molecule has 2 heterocycles. The first kappa shape index (κ1) is 10.4. The molecule has 0 radical (unpaired) electrons. The molecule has 2 rings (SSSR count). The molecule has 0 spiro atoms. The monoisotopic (exact) mass is 239 g/mol. The maximum absolute atomic E-state index is 10.4. The van der Waals surface area contributed by atoms with Crippen LogP contribution in [0.25, 0.3) is 0 Å². The van der Waals surface area contributed by atoms with Crippen molar-refractivity contribution in [2.24, 2.45) is 30.4 Å². The van der Waals surface area contributed by atoms with Gasteiger partial charge in [-0.15, -0.1) is 15.3 Å². The highest BCUT2D eigenvalue weighted by atomic mass is 16.8. The number of azo groups is 2. The average molecular weight is 239 g/mol. The molecule has 13 heteroatoms. The first-order valence-electron chi connectivity index (χ1n) is 3.86. The SMILES string of the molecule is O=[N+]([O-])N(C1=NC(=C2N=CN=N2)N=N1)[N+](=O)[O-]. The van der Waals surface area contributed by atoms with Crippen LogP contribution in [0.1, 0.15) is 0 Å². The van der Waals surface area contributed by atoms with Crippen LogP contribution in [0.15, 0.2) is 42.1 Å². The predicted octanol–water partition coefficient (Wildman–Crippen LogP) is 0.114. The molecule has 0 atom stereocenters. The summed E-state index contributed by atoms with van der Waals surface area (Å²) in [6, 6.07) is 0. The van der Waals surface area contributed by atoms with Crippen LogP contribution in [0.2, 0.25) is 0 Å². The minimum atomic E-state index is -1.29. The maximum Gasteiger partial charge on any atom is 0.387 e. The number of nitrogens with zero attached hydrogens (tertiary/aromatic N) is 9. The third-order valence-electron chi connectivity index (χ3n) is 1.51. The van der Waals surface area contributed by atoms with Crippen LogP contribution in [0.4, 0.5) is 0 Å². The van der Waals surface area contributed by atoms with Gasteiger partial charge >= 0.3 is 5.96 Å². The fourth-order valence-electron chi connectivity index (χ4n) is 0.906. The number of hydrazine groups is 2. The normalized spacial score (nSPS) is 20.8. The van der Waals surface area contributed by atoms with Crippen molar-refractivity contribution in [3.63, 3.8) is 0 Å². The molecule has 0 bridgehead atoms. The van der Waals surface area contributed by atoms with E-state index < -0.39 is 21.1 Å². The second-order valence-corrected chi connectivity index (χ2v) is 2.48. The summed E-state index contributed by atoms with van der Waals surface area (Å²) < 4.78 is 0. The van der Waals surface area contributed by atoms with Crippen molar-refractivity contribution < 1.29 is 10.1 Å². The van der Waals surface area contributed by atoms with E-state index in [1.54, 1.807) is 0 Å². The Morgan fingerprint density at radius 3 is 2.29 bits per heavy atom. The summed E-state index contributed by atoms with van der Waals surface area (Å²) in [5, 5.41) is 31.1. The second kappa shape index (κ2) is 3.80. The van der Waals surface area contributed by atoms with Gasteiger partial charge in [-0.1, -0.05) is 5.11 Å². The molecule has 0 N–H and O–H groups in total. The number of rotatable bonds is 2. The van der Waals surface area contributed by atoms with Gasteiger partial charge in [0.1, 0.15) is 6.34 Å². The fraction of sp³-hybridized carbons (Fsp3) is 0. The van der Waals surface area contributed by atoms with E-state index in [4.69, 9.17) is 0 Å². The van der Waals surface area contributed by atoms with Crippen molar-refractivity contribution in [1.29, 1.82) is 0 Å². The Labute approximate surface area is 90.8 Å². The molecule has 0 fully saturated rings. The smallest absolute Gasteiger partial charge is 0.230 e. The van der Waals surface area contributed by atoms with E-state index in [2.05, 4.69) is 30.4 Å². The molecule has 2 aliphatic rings. The molecule has 13 nitrogen and oxygen atoms in total. The summed E-state index contributed by atoms with van der Waals surface area (Å²) in [4.78, 5) is 27.8.